The number of hydrogen-bond acceptors (Lipinski definition) is 5. The number of nitrogens with one attached hydrogen (secondary N) is 1. The number of aryl methyl sites for hydroxylation is 1. The lowest BCUT2D eigenvalue weighted by atomic mass is 10.0. The van der Waals surface area contributed by atoms with Crippen molar-refractivity contribution in [3.63, 3.8) is 0 Å². The Hall–Kier alpha value is -2.21. The van der Waals surface area contributed by atoms with Crippen LogP contribution in [0.15, 0.2) is 54.6 Å². The third-order valence-electron chi connectivity index (χ3n) is 3.77. The van der Waals surface area contributed by atoms with Crippen molar-refractivity contribution >= 4 is 5.78 Å². The van der Waals surface area contributed by atoms with Gasteiger partial charge in [-0.2, -0.15) is 0 Å². The molecule has 3 N–H and O–H groups in total. The number of aliphatic hydroxyl groups excluding tert-OH is 2. The van der Waals surface area contributed by atoms with Gasteiger partial charge in [-0.05, 0) is 24.1 Å². The maximum atomic E-state index is 12.5. The van der Waals surface area contributed by atoms with Crippen LogP contribution in [-0.2, 0) is 6.42 Å². The summed E-state index contributed by atoms with van der Waals surface area (Å²) in [5.41, 5.74) is 1.66. The summed E-state index contributed by atoms with van der Waals surface area (Å²) in [4.78, 5) is 12.5. The molecule has 5 heteroatoms. The van der Waals surface area contributed by atoms with Crippen molar-refractivity contribution in [1.82, 2.24) is 5.32 Å². The first-order chi connectivity index (χ1) is 12.2. The molecule has 0 saturated carbocycles. The van der Waals surface area contributed by atoms with Gasteiger partial charge < -0.3 is 20.3 Å². The zero-order chi connectivity index (χ0) is 17.9. The summed E-state index contributed by atoms with van der Waals surface area (Å²) in [6.45, 7) is 0.851. The molecule has 0 amide bonds. The van der Waals surface area contributed by atoms with Crippen molar-refractivity contribution in [2.24, 2.45) is 0 Å². The molecule has 2 rings (SSSR count). The molecule has 0 saturated heterocycles. The number of ether oxygens (including phenoxy) is 1. The molecule has 134 valence electrons. The minimum absolute atomic E-state index is 0.0202. The van der Waals surface area contributed by atoms with E-state index in [1.54, 1.807) is 18.2 Å². The van der Waals surface area contributed by atoms with Crippen molar-refractivity contribution < 1.29 is 19.7 Å². The summed E-state index contributed by atoms with van der Waals surface area (Å²) in [5, 5.41) is 21.5. The SMILES string of the molecule is O=C(CCc1ccccc1)c1ccccc1OCC(O)CNCCO. The second-order valence-electron chi connectivity index (χ2n) is 5.80. The number of rotatable bonds is 11. The van der Waals surface area contributed by atoms with Gasteiger partial charge in [0, 0.05) is 19.5 Å². The highest BCUT2D eigenvalue weighted by atomic mass is 16.5. The predicted molar refractivity (Wildman–Crippen MR) is 97.0 cm³/mol. The van der Waals surface area contributed by atoms with E-state index >= 15 is 0 Å². The quantitative estimate of drug-likeness (QED) is 0.428. The maximum Gasteiger partial charge on any atom is 0.166 e. The van der Waals surface area contributed by atoms with Crippen LogP contribution in [0.4, 0.5) is 0 Å². The van der Waals surface area contributed by atoms with Crippen molar-refractivity contribution in [2.45, 2.75) is 18.9 Å². The van der Waals surface area contributed by atoms with Crippen molar-refractivity contribution in [3.05, 3.63) is 65.7 Å². The highest BCUT2D eigenvalue weighted by Crippen LogP contribution is 2.20. The van der Waals surface area contributed by atoms with Gasteiger partial charge in [-0.15, -0.1) is 0 Å². The molecule has 0 aliphatic rings. The standard InChI is InChI=1S/C20H25NO4/c22-13-12-21-14-17(23)15-25-20-9-5-4-8-18(20)19(24)11-10-16-6-2-1-3-7-16/h1-9,17,21-23H,10-15H2. The smallest absolute Gasteiger partial charge is 0.166 e. The minimum Gasteiger partial charge on any atom is -0.490 e. The first-order valence-electron chi connectivity index (χ1n) is 8.49. The molecule has 2 aromatic rings. The van der Waals surface area contributed by atoms with Gasteiger partial charge in [0.05, 0.1) is 12.2 Å². The Balaban J connectivity index is 1.89. The second-order valence-corrected chi connectivity index (χ2v) is 5.80. The van der Waals surface area contributed by atoms with Crippen LogP contribution >= 0.6 is 0 Å². The molecule has 2 aromatic carbocycles. The van der Waals surface area contributed by atoms with E-state index in [1.807, 2.05) is 36.4 Å². The van der Waals surface area contributed by atoms with Gasteiger partial charge in [0.25, 0.3) is 0 Å². The van der Waals surface area contributed by atoms with E-state index in [-0.39, 0.29) is 19.0 Å². The molecule has 0 radical (unpaired) electrons. The molecule has 0 spiro atoms. The summed E-state index contributed by atoms with van der Waals surface area (Å²) in [5.74, 6) is 0.508. The Labute approximate surface area is 148 Å². The molecule has 0 aromatic heterocycles. The first-order valence-corrected chi connectivity index (χ1v) is 8.49. The Morgan fingerprint density at radius 3 is 2.56 bits per heavy atom. The largest absolute Gasteiger partial charge is 0.490 e. The molecule has 0 aliphatic heterocycles. The van der Waals surface area contributed by atoms with Gasteiger partial charge in [-0.3, -0.25) is 4.79 Å². The van der Waals surface area contributed by atoms with E-state index in [0.717, 1.165) is 5.56 Å². The number of carbonyl (C=O) groups excluding carboxylic acids is 1. The highest BCUT2D eigenvalue weighted by molar-refractivity contribution is 5.98. The minimum atomic E-state index is -0.709. The topological polar surface area (TPSA) is 78.8 Å². The number of ketones is 1. The summed E-state index contributed by atoms with van der Waals surface area (Å²) in [7, 11) is 0. The second kappa shape index (κ2) is 10.6. The Kier molecular flexibility index (Phi) is 8.12. The van der Waals surface area contributed by atoms with Crippen molar-refractivity contribution in [2.75, 3.05) is 26.3 Å². The maximum absolute atomic E-state index is 12.5. The molecular formula is C20H25NO4. The van der Waals surface area contributed by atoms with Gasteiger partial charge in [0.2, 0.25) is 0 Å². The summed E-state index contributed by atoms with van der Waals surface area (Å²) < 4.78 is 5.63. The third-order valence-corrected chi connectivity index (χ3v) is 3.77. The van der Waals surface area contributed by atoms with Crippen LogP contribution < -0.4 is 10.1 Å². The lowest BCUT2D eigenvalue weighted by Gasteiger charge is -2.15. The zero-order valence-corrected chi connectivity index (χ0v) is 14.2. The van der Waals surface area contributed by atoms with Gasteiger partial charge in [-0.25, -0.2) is 0 Å². The number of hydrogen-bond donors (Lipinski definition) is 3. The summed E-state index contributed by atoms with van der Waals surface area (Å²) >= 11 is 0. The zero-order valence-electron chi connectivity index (χ0n) is 14.2. The Bertz CT molecular complexity index is 645. The first kappa shape index (κ1) is 19.1. The van der Waals surface area contributed by atoms with Crippen LogP contribution in [0.5, 0.6) is 5.75 Å². The highest BCUT2D eigenvalue weighted by Gasteiger charge is 2.13. The average molecular weight is 343 g/mol. The van der Waals surface area contributed by atoms with Gasteiger partial charge >= 0.3 is 0 Å². The summed E-state index contributed by atoms with van der Waals surface area (Å²) in [6, 6.07) is 17.0. The van der Waals surface area contributed by atoms with Gasteiger partial charge in [0.15, 0.2) is 5.78 Å². The van der Waals surface area contributed by atoms with E-state index in [9.17, 15) is 9.90 Å². The van der Waals surface area contributed by atoms with E-state index in [2.05, 4.69) is 5.32 Å². The van der Waals surface area contributed by atoms with Crippen molar-refractivity contribution in [1.29, 1.82) is 0 Å². The van der Waals surface area contributed by atoms with Crippen LogP contribution in [0.25, 0.3) is 0 Å². The fourth-order valence-corrected chi connectivity index (χ4v) is 2.45. The van der Waals surface area contributed by atoms with E-state index < -0.39 is 6.10 Å². The van der Waals surface area contributed by atoms with Crippen LogP contribution in [0.2, 0.25) is 0 Å². The predicted octanol–water partition coefficient (Wildman–Crippen LogP) is 1.82. The molecule has 25 heavy (non-hydrogen) atoms. The van der Waals surface area contributed by atoms with E-state index in [1.165, 1.54) is 0 Å². The third kappa shape index (κ3) is 6.66. The van der Waals surface area contributed by atoms with E-state index in [0.29, 0.717) is 37.2 Å². The number of benzene rings is 2. The number of carbonyl (C=O) groups is 1. The Morgan fingerprint density at radius 1 is 1.08 bits per heavy atom. The molecule has 0 aliphatic carbocycles. The van der Waals surface area contributed by atoms with Gasteiger partial charge in [0.1, 0.15) is 18.5 Å². The van der Waals surface area contributed by atoms with Crippen LogP contribution in [-0.4, -0.2) is 48.4 Å². The fraction of sp³-hybridized carbons (Fsp3) is 0.350. The molecule has 5 nitrogen and oxygen atoms in total. The normalized spacial score (nSPS) is 11.9. The number of aliphatic hydroxyl groups is 2. The Morgan fingerprint density at radius 2 is 1.80 bits per heavy atom. The van der Waals surface area contributed by atoms with Crippen LogP contribution in [0.1, 0.15) is 22.3 Å². The fourth-order valence-electron chi connectivity index (χ4n) is 2.45. The van der Waals surface area contributed by atoms with Gasteiger partial charge in [-0.1, -0.05) is 42.5 Å². The van der Waals surface area contributed by atoms with Crippen LogP contribution in [0.3, 0.4) is 0 Å². The molecule has 0 bridgehead atoms. The molecule has 0 fully saturated rings. The average Bonchev–Trinajstić information content (AvgIpc) is 2.66. The van der Waals surface area contributed by atoms with Crippen molar-refractivity contribution in [3.8, 4) is 5.75 Å². The molecule has 0 heterocycles. The van der Waals surface area contributed by atoms with E-state index in [4.69, 9.17) is 9.84 Å². The van der Waals surface area contributed by atoms with Crippen LogP contribution in [0, 0.1) is 0 Å². The monoisotopic (exact) mass is 343 g/mol. The molecule has 1 unspecified atom stereocenters. The number of Topliss-reactive ketones (excluding diaryl/α,β-unsaturated/α-hetero) is 1. The number of para-hydroxylation sites is 1. The summed E-state index contributed by atoms with van der Waals surface area (Å²) in [6.07, 6.45) is 0.381. The lowest BCUT2D eigenvalue weighted by Crippen LogP contribution is -2.33. The molecular weight excluding hydrogens is 318 g/mol. The molecule has 1 atom stereocenters. The lowest BCUT2D eigenvalue weighted by molar-refractivity contribution is 0.0947.